The lowest BCUT2D eigenvalue weighted by Gasteiger charge is -2.23. The van der Waals surface area contributed by atoms with Crippen molar-refractivity contribution in [3.63, 3.8) is 0 Å². The van der Waals surface area contributed by atoms with Crippen molar-refractivity contribution >= 4 is 23.5 Å². The number of nitrogens with one attached hydrogen (secondary N) is 1. The summed E-state index contributed by atoms with van der Waals surface area (Å²) in [5, 5.41) is 3.61. The Morgan fingerprint density at radius 2 is 1.89 bits per heavy atom. The zero-order valence-electron chi connectivity index (χ0n) is 16.0. The summed E-state index contributed by atoms with van der Waals surface area (Å²) in [6.45, 7) is 0.765. The monoisotopic (exact) mass is 390 g/mol. The number of halogens is 2. The molecule has 0 aliphatic heterocycles. The van der Waals surface area contributed by atoms with Crippen molar-refractivity contribution in [3.8, 4) is 0 Å². The van der Waals surface area contributed by atoms with Crippen molar-refractivity contribution < 1.29 is 9.18 Å². The quantitative estimate of drug-likeness (QED) is 0.629. The molecule has 0 atom stereocenters. The van der Waals surface area contributed by atoms with Crippen molar-refractivity contribution in [2.24, 2.45) is 4.99 Å². The maximum atomic E-state index is 14.0. The summed E-state index contributed by atoms with van der Waals surface area (Å²) < 4.78 is 14.0. The van der Waals surface area contributed by atoms with E-state index in [0.29, 0.717) is 28.7 Å². The number of rotatable bonds is 5. The number of hydrogen-bond acceptors (Lipinski definition) is 2. The number of carbonyl (C=O) groups excluding carboxylic acids is 1. The predicted octanol–water partition coefficient (Wildman–Crippen LogP) is 3.39. The maximum Gasteiger partial charge on any atom is 0.253 e. The molecule has 27 heavy (non-hydrogen) atoms. The van der Waals surface area contributed by atoms with Gasteiger partial charge in [-0.25, -0.2) is 4.39 Å². The van der Waals surface area contributed by atoms with Gasteiger partial charge >= 0.3 is 0 Å². The van der Waals surface area contributed by atoms with E-state index in [-0.39, 0.29) is 18.3 Å². The van der Waals surface area contributed by atoms with Crippen LogP contribution in [0.5, 0.6) is 0 Å². The highest BCUT2D eigenvalue weighted by Gasteiger charge is 2.13. The highest BCUT2D eigenvalue weighted by molar-refractivity contribution is 6.31. The van der Waals surface area contributed by atoms with E-state index in [4.69, 9.17) is 11.6 Å². The number of aliphatic imine (C=N–C) groups is 1. The third-order valence-electron chi connectivity index (χ3n) is 4.06. The molecule has 1 amide bonds. The topological polar surface area (TPSA) is 47.9 Å². The maximum absolute atomic E-state index is 14.0. The molecule has 2 aromatic carbocycles. The molecule has 0 aliphatic carbocycles. The van der Waals surface area contributed by atoms with Gasteiger partial charge in [-0.3, -0.25) is 9.79 Å². The summed E-state index contributed by atoms with van der Waals surface area (Å²) in [6, 6.07) is 12.0. The largest absolute Gasteiger partial charge is 0.352 e. The molecule has 0 bridgehead atoms. The Hall–Kier alpha value is -2.60. The average molecular weight is 391 g/mol. The van der Waals surface area contributed by atoms with E-state index in [9.17, 15) is 9.18 Å². The molecule has 0 heterocycles. The Balaban J connectivity index is 2.05. The van der Waals surface area contributed by atoms with Gasteiger partial charge in [-0.1, -0.05) is 29.8 Å². The van der Waals surface area contributed by atoms with Gasteiger partial charge < -0.3 is 15.1 Å². The summed E-state index contributed by atoms with van der Waals surface area (Å²) in [4.78, 5) is 19.7. The van der Waals surface area contributed by atoms with E-state index in [1.54, 1.807) is 44.2 Å². The van der Waals surface area contributed by atoms with Crippen molar-refractivity contribution in [2.45, 2.75) is 13.1 Å². The molecular weight excluding hydrogens is 367 g/mol. The molecule has 0 radical (unpaired) electrons. The summed E-state index contributed by atoms with van der Waals surface area (Å²) >= 11 is 6.10. The van der Waals surface area contributed by atoms with Gasteiger partial charge in [0.2, 0.25) is 0 Å². The summed E-state index contributed by atoms with van der Waals surface area (Å²) in [7, 11) is 6.91. The van der Waals surface area contributed by atoms with E-state index < -0.39 is 0 Å². The number of guanidine groups is 1. The molecule has 0 aliphatic rings. The summed E-state index contributed by atoms with van der Waals surface area (Å²) in [6.07, 6.45) is 0. The minimum atomic E-state index is -0.347. The second-order valence-corrected chi connectivity index (χ2v) is 6.76. The normalized spacial score (nSPS) is 11.3. The first-order chi connectivity index (χ1) is 12.8. The van der Waals surface area contributed by atoms with Crippen LogP contribution in [0.15, 0.2) is 47.5 Å². The van der Waals surface area contributed by atoms with Gasteiger partial charge in [0.1, 0.15) is 5.82 Å². The van der Waals surface area contributed by atoms with Crippen molar-refractivity contribution in [2.75, 3.05) is 28.2 Å². The van der Waals surface area contributed by atoms with Crippen LogP contribution in [-0.4, -0.2) is 49.9 Å². The van der Waals surface area contributed by atoms with Crippen molar-refractivity contribution in [1.29, 1.82) is 0 Å². The van der Waals surface area contributed by atoms with Gasteiger partial charge in [0.25, 0.3) is 5.91 Å². The van der Waals surface area contributed by atoms with Crippen LogP contribution in [0, 0.1) is 5.82 Å². The lowest BCUT2D eigenvalue weighted by Crippen LogP contribution is -2.38. The molecule has 0 saturated carbocycles. The Morgan fingerprint density at radius 3 is 2.52 bits per heavy atom. The van der Waals surface area contributed by atoms with E-state index in [0.717, 1.165) is 5.56 Å². The fraction of sp³-hybridized carbons (Fsp3) is 0.300. The molecule has 0 spiro atoms. The summed E-state index contributed by atoms with van der Waals surface area (Å²) in [5.74, 6) is 0.200. The van der Waals surface area contributed by atoms with Crippen LogP contribution < -0.4 is 5.32 Å². The number of amides is 1. The van der Waals surface area contributed by atoms with Gasteiger partial charge in [-0.15, -0.1) is 0 Å². The van der Waals surface area contributed by atoms with Crippen LogP contribution in [0.1, 0.15) is 21.5 Å². The number of hydrogen-bond donors (Lipinski definition) is 1. The van der Waals surface area contributed by atoms with E-state index in [1.807, 2.05) is 25.2 Å². The Kier molecular flexibility index (Phi) is 7.19. The van der Waals surface area contributed by atoms with E-state index in [2.05, 4.69) is 10.3 Å². The SMILES string of the molecule is CN=C(NCc1cccc(C(=O)N(C)C)c1)N(C)Cc1c(F)cccc1Cl. The smallest absolute Gasteiger partial charge is 0.253 e. The van der Waals surface area contributed by atoms with E-state index in [1.165, 1.54) is 11.0 Å². The van der Waals surface area contributed by atoms with Crippen LogP contribution in [-0.2, 0) is 13.1 Å². The fourth-order valence-electron chi connectivity index (χ4n) is 2.63. The molecule has 0 unspecified atom stereocenters. The lowest BCUT2D eigenvalue weighted by molar-refractivity contribution is 0.0827. The number of carbonyl (C=O) groups is 1. The van der Waals surface area contributed by atoms with Gasteiger partial charge in [0.05, 0.1) is 0 Å². The average Bonchev–Trinajstić information content (AvgIpc) is 2.65. The number of nitrogens with zero attached hydrogens (tertiary/aromatic N) is 3. The standard InChI is InChI=1S/C20H24ClFN4O/c1-23-20(26(4)13-16-17(21)9-6-10-18(16)22)24-12-14-7-5-8-15(11-14)19(27)25(2)3/h5-11H,12-13H2,1-4H3,(H,23,24). The van der Waals surface area contributed by atoms with Gasteiger partial charge in [-0.05, 0) is 29.8 Å². The molecule has 7 heteroatoms. The van der Waals surface area contributed by atoms with Gasteiger partial charge in [-0.2, -0.15) is 0 Å². The lowest BCUT2D eigenvalue weighted by atomic mass is 10.1. The van der Waals surface area contributed by atoms with Crippen LogP contribution in [0.3, 0.4) is 0 Å². The molecule has 0 aromatic heterocycles. The Morgan fingerprint density at radius 1 is 1.19 bits per heavy atom. The molecular formula is C20H24ClFN4O. The minimum Gasteiger partial charge on any atom is -0.352 e. The van der Waals surface area contributed by atoms with Crippen molar-refractivity contribution in [3.05, 3.63) is 70.0 Å². The van der Waals surface area contributed by atoms with Gasteiger partial charge in [0, 0.05) is 57.4 Å². The molecule has 2 aromatic rings. The second-order valence-electron chi connectivity index (χ2n) is 6.36. The molecule has 144 valence electrons. The molecule has 0 saturated heterocycles. The first-order valence-corrected chi connectivity index (χ1v) is 8.86. The zero-order valence-corrected chi connectivity index (χ0v) is 16.7. The zero-order chi connectivity index (χ0) is 20.0. The van der Waals surface area contributed by atoms with Crippen molar-refractivity contribution in [1.82, 2.24) is 15.1 Å². The van der Waals surface area contributed by atoms with Crippen LogP contribution in [0.2, 0.25) is 5.02 Å². The first kappa shape index (κ1) is 20.7. The molecule has 5 nitrogen and oxygen atoms in total. The highest BCUT2D eigenvalue weighted by atomic mass is 35.5. The molecule has 0 fully saturated rings. The molecule has 2 rings (SSSR count). The first-order valence-electron chi connectivity index (χ1n) is 8.48. The van der Waals surface area contributed by atoms with Gasteiger partial charge in [0.15, 0.2) is 5.96 Å². The predicted molar refractivity (Wildman–Crippen MR) is 108 cm³/mol. The van der Waals surface area contributed by atoms with Crippen LogP contribution >= 0.6 is 11.6 Å². The van der Waals surface area contributed by atoms with E-state index >= 15 is 0 Å². The Labute approximate surface area is 164 Å². The summed E-state index contributed by atoms with van der Waals surface area (Å²) in [5.41, 5.74) is 1.99. The van der Waals surface area contributed by atoms with Crippen LogP contribution in [0.25, 0.3) is 0 Å². The fourth-order valence-corrected chi connectivity index (χ4v) is 2.86. The minimum absolute atomic E-state index is 0.0486. The third-order valence-corrected chi connectivity index (χ3v) is 4.42. The highest BCUT2D eigenvalue weighted by Crippen LogP contribution is 2.20. The second kappa shape index (κ2) is 9.37. The molecule has 1 N–H and O–H groups in total. The van der Waals surface area contributed by atoms with Crippen LogP contribution in [0.4, 0.5) is 4.39 Å². The Bertz CT molecular complexity index is 818. The number of benzene rings is 2. The third kappa shape index (κ3) is 5.44.